The number of allylic oxidation sites excluding steroid dienone is 1. The predicted molar refractivity (Wildman–Crippen MR) is 132 cm³/mol. The molecule has 2 aromatic rings. The number of phenolic OH excluding ortho intramolecular Hbond substituents is 1. The van der Waals surface area contributed by atoms with E-state index in [0.717, 1.165) is 5.56 Å². The number of fused-ring (bicyclic) bond motifs is 3. The van der Waals surface area contributed by atoms with E-state index in [2.05, 4.69) is 0 Å². The number of rotatable bonds is 6. The van der Waals surface area contributed by atoms with Crippen LogP contribution in [0.4, 0.5) is 0 Å². The Kier molecular flexibility index (Phi) is 7.85. The summed E-state index contributed by atoms with van der Waals surface area (Å²) in [4.78, 5) is 12.9. The van der Waals surface area contributed by atoms with Crippen LogP contribution in [0.15, 0.2) is 23.8 Å². The third-order valence-corrected chi connectivity index (χ3v) is 6.82. The molecule has 0 fully saturated rings. The van der Waals surface area contributed by atoms with E-state index in [1.54, 1.807) is 19.9 Å². The van der Waals surface area contributed by atoms with E-state index in [4.69, 9.17) is 23.7 Å². The number of hydrogen-bond acceptors (Lipinski definition) is 8. The molecular weight excluding hydrogens is 452 g/mol. The summed E-state index contributed by atoms with van der Waals surface area (Å²) in [5.41, 5.74) is 2.59. The van der Waals surface area contributed by atoms with Gasteiger partial charge in [-0.05, 0) is 55.4 Å². The van der Waals surface area contributed by atoms with Gasteiger partial charge in [-0.15, -0.1) is 0 Å². The van der Waals surface area contributed by atoms with Gasteiger partial charge in [-0.3, -0.25) is 0 Å². The Bertz CT molecular complexity index is 1150. The van der Waals surface area contributed by atoms with E-state index in [1.807, 2.05) is 19.9 Å². The first-order chi connectivity index (χ1) is 16.6. The molecule has 0 bridgehead atoms. The lowest BCUT2D eigenvalue weighted by Crippen LogP contribution is -2.23. The summed E-state index contributed by atoms with van der Waals surface area (Å²) in [5, 5.41) is 22.1. The lowest BCUT2D eigenvalue weighted by molar-refractivity contribution is -0.130. The fourth-order valence-corrected chi connectivity index (χ4v) is 4.49. The second kappa shape index (κ2) is 10.5. The summed E-state index contributed by atoms with van der Waals surface area (Å²) in [6.45, 7) is 7.39. The average molecular weight is 487 g/mol. The first-order valence-corrected chi connectivity index (χ1v) is 11.4. The first kappa shape index (κ1) is 26.2. The summed E-state index contributed by atoms with van der Waals surface area (Å²) in [6.07, 6.45) is 1.27. The Hall–Kier alpha value is -3.39. The highest BCUT2D eigenvalue weighted by molar-refractivity contribution is 5.94. The molecule has 3 unspecified atom stereocenters. The van der Waals surface area contributed by atoms with Crippen LogP contribution < -0.4 is 23.7 Å². The zero-order valence-electron chi connectivity index (χ0n) is 21.5. The number of ether oxygens (including phenoxy) is 5. The SMILES string of the molecule is CC=C(C)C(=O)Oc1c(OC)c(OC)cc2c1-c1c(cc(O)c(OC)c1OC)C(O)C(C)C(C)C2. The van der Waals surface area contributed by atoms with Gasteiger partial charge in [0.05, 0.1) is 34.5 Å². The van der Waals surface area contributed by atoms with Crippen LogP contribution >= 0.6 is 0 Å². The van der Waals surface area contributed by atoms with Gasteiger partial charge in [-0.2, -0.15) is 0 Å². The van der Waals surface area contributed by atoms with Crippen molar-refractivity contribution in [3.05, 3.63) is 34.9 Å². The summed E-state index contributed by atoms with van der Waals surface area (Å²) in [6, 6.07) is 3.32. The van der Waals surface area contributed by atoms with Crippen molar-refractivity contribution in [2.24, 2.45) is 11.8 Å². The molecule has 8 nitrogen and oxygen atoms in total. The number of hydrogen-bond donors (Lipinski definition) is 2. The molecule has 0 radical (unpaired) electrons. The average Bonchev–Trinajstić information content (AvgIpc) is 2.85. The minimum atomic E-state index is -0.937. The topological polar surface area (TPSA) is 104 Å². The number of esters is 1. The van der Waals surface area contributed by atoms with E-state index >= 15 is 0 Å². The lowest BCUT2D eigenvalue weighted by atomic mass is 9.76. The fourth-order valence-electron chi connectivity index (χ4n) is 4.49. The molecule has 190 valence electrons. The molecular formula is C27H34O8. The van der Waals surface area contributed by atoms with Crippen molar-refractivity contribution in [1.29, 1.82) is 0 Å². The summed E-state index contributed by atoms with van der Waals surface area (Å²) in [7, 11) is 5.84. The molecule has 3 atom stereocenters. The van der Waals surface area contributed by atoms with Crippen LogP contribution in [0.1, 0.15) is 44.9 Å². The third-order valence-electron chi connectivity index (χ3n) is 6.82. The van der Waals surface area contributed by atoms with E-state index in [9.17, 15) is 15.0 Å². The number of benzene rings is 2. The first-order valence-electron chi connectivity index (χ1n) is 11.4. The number of aromatic hydroxyl groups is 1. The van der Waals surface area contributed by atoms with Gasteiger partial charge in [0.25, 0.3) is 0 Å². The standard InChI is InChI=1S/C27H34O8/c1-9-13(2)27(30)35-26-20-16(11-19(31-5)24(26)33-7)10-14(3)15(4)22(29)17-12-18(28)23(32-6)25(34-8)21(17)20/h9,11-12,14-15,22,28-29H,10H2,1-8H3. The Morgan fingerprint density at radius 3 is 2.11 bits per heavy atom. The molecule has 35 heavy (non-hydrogen) atoms. The van der Waals surface area contributed by atoms with Gasteiger partial charge in [-0.25, -0.2) is 4.79 Å². The highest BCUT2D eigenvalue weighted by Gasteiger charge is 2.37. The number of carbonyl (C=O) groups is 1. The second-order valence-electron chi connectivity index (χ2n) is 8.75. The molecule has 0 saturated carbocycles. The molecule has 0 aromatic heterocycles. The van der Waals surface area contributed by atoms with Gasteiger partial charge in [0.2, 0.25) is 11.5 Å². The summed E-state index contributed by atoms with van der Waals surface area (Å²) >= 11 is 0. The minimum Gasteiger partial charge on any atom is -0.504 e. The number of methoxy groups -OCH3 is 4. The molecule has 8 heteroatoms. The Morgan fingerprint density at radius 2 is 1.57 bits per heavy atom. The lowest BCUT2D eigenvalue weighted by Gasteiger charge is -2.33. The van der Waals surface area contributed by atoms with Crippen molar-refractivity contribution in [2.45, 2.75) is 40.2 Å². The quantitative estimate of drug-likeness (QED) is 0.340. The van der Waals surface area contributed by atoms with E-state index in [0.29, 0.717) is 34.4 Å². The maximum atomic E-state index is 12.9. The highest BCUT2D eigenvalue weighted by Crippen LogP contribution is 2.57. The third kappa shape index (κ3) is 4.50. The van der Waals surface area contributed by atoms with Crippen molar-refractivity contribution < 1.29 is 38.7 Å². The van der Waals surface area contributed by atoms with Crippen LogP contribution in [0.3, 0.4) is 0 Å². The van der Waals surface area contributed by atoms with E-state index in [-0.39, 0.29) is 40.6 Å². The molecule has 0 saturated heterocycles. The van der Waals surface area contributed by atoms with Crippen LogP contribution in [-0.4, -0.2) is 44.6 Å². The van der Waals surface area contributed by atoms with Crippen LogP contribution in [-0.2, 0) is 11.2 Å². The fraction of sp³-hybridized carbons (Fsp3) is 0.444. The Labute approximate surface area is 206 Å². The van der Waals surface area contributed by atoms with Gasteiger partial charge in [0.1, 0.15) is 0 Å². The van der Waals surface area contributed by atoms with Gasteiger partial charge >= 0.3 is 5.97 Å². The monoisotopic (exact) mass is 486 g/mol. The van der Waals surface area contributed by atoms with Crippen molar-refractivity contribution in [2.75, 3.05) is 28.4 Å². The molecule has 0 amide bonds. The van der Waals surface area contributed by atoms with E-state index in [1.165, 1.54) is 34.5 Å². The maximum Gasteiger partial charge on any atom is 0.338 e. The summed E-state index contributed by atoms with van der Waals surface area (Å²) < 4.78 is 28.4. The largest absolute Gasteiger partial charge is 0.504 e. The zero-order valence-corrected chi connectivity index (χ0v) is 21.5. The number of phenols is 1. The summed E-state index contributed by atoms with van der Waals surface area (Å²) in [5.74, 6) is 0.200. The number of carbonyl (C=O) groups excluding carboxylic acids is 1. The van der Waals surface area contributed by atoms with Crippen molar-refractivity contribution in [3.63, 3.8) is 0 Å². The maximum absolute atomic E-state index is 12.9. The van der Waals surface area contributed by atoms with Crippen LogP contribution in [0.25, 0.3) is 11.1 Å². The molecule has 2 N–H and O–H groups in total. The zero-order chi connectivity index (χ0) is 26.0. The molecule has 3 rings (SSSR count). The van der Waals surface area contributed by atoms with Crippen LogP contribution in [0.2, 0.25) is 0 Å². The Balaban J connectivity index is 2.56. The predicted octanol–water partition coefficient (Wildman–Crippen LogP) is 4.83. The van der Waals surface area contributed by atoms with Gasteiger partial charge in [0.15, 0.2) is 23.0 Å². The number of aliphatic hydroxyl groups is 1. The molecule has 1 aliphatic rings. The second-order valence-corrected chi connectivity index (χ2v) is 8.75. The number of aliphatic hydroxyl groups excluding tert-OH is 1. The van der Waals surface area contributed by atoms with E-state index < -0.39 is 12.1 Å². The molecule has 0 heterocycles. The van der Waals surface area contributed by atoms with Gasteiger partial charge < -0.3 is 33.9 Å². The molecule has 2 aromatic carbocycles. The van der Waals surface area contributed by atoms with Gasteiger partial charge in [-0.1, -0.05) is 19.9 Å². The minimum absolute atomic E-state index is 0.0334. The Morgan fingerprint density at radius 1 is 0.943 bits per heavy atom. The molecule has 0 spiro atoms. The van der Waals surface area contributed by atoms with Crippen LogP contribution in [0.5, 0.6) is 34.5 Å². The van der Waals surface area contributed by atoms with Crippen molar-refractivity contribution in [3.8, 4) is 45.6 Å². The molecule has 1 aliphatic carbocycles. The van der Waals surface area contributed by atoms with Gasteiger partial charge in [0, 0.05) is 16.7 Å². The highest BCUT2D eigenvalue weighted by atomic mass is 16.6. The van der Waals surface area contributed by atoms with Crippen LogP contribution in [0, 0.1) is 11.8 Å². The normalized spacial score (nSPS) is 19.6. The van der Waals surface area contributed by atoms with Crippen molar-refractivity contribution in [1.82, 2.24) is 0 Å². The van der Waals surface area contributed by atoms with Crippen molar-refractivity contribution >= 4 is 5.97 Å². The smallest absolute Gasteiger partial charge is 0.338 e. The molecule has 0 aliphatic heterocycles.